The number of nitrogens with zero attached hydrogens (tertiary/aromatic N) is 1. The van der Waals surface area contributed by atoms with E-state index >= 15 is 0 Å². The lowest BCUT2D eigenvalue weighted by Gasteiger charge is -2.10. The van der Waals surface area contributed by atoms with E-state index in [9.17, 15) is 5.11 Å². The van der Waals surface area contributed by atoms with Crippen LogP contribution in [0, 0.1) is 11.8 Å². The van der Waals surface area contributed by atoms with Gasteiger partial charge in [0, 0.05) is 35.5 Å². The van der Waals surface area contributed by atoms with Crippen LogP contribution in [0.1, 0.15) is 13.3 Å². The van der Waals surface area contributed by atoms with E-state index in [4.69, 9.17) is 11.6 Å². The molecule has 0 saturated carbocycles. The van der Waals surface area contributed by atoms with Crippen LogP contribution in [0.3, 0.4) is 0 Å². The van der Waals surface area contributed by atoms with Crippen molar-refractivity contribution in [1.29, 1.82) is 0 Å². The molecule has 2 aromatic heterocycles. The summed E-state index contributed by atoms with van der Waals surface area (Å²) < 4.78 is 0. The van der Waals surface area contributed by atoms with Gasteiger partial charge in [-0.2, -0.15) is 0 Å². The molecule has 1 atom stereocenters. The van der Waals surface area contributed by atoms with Crippen LogP contribution in [0.2, 0.25) is 5.02 Å². The van der Waals surface area contributed by atoms with Crippen LogP contribution in [0.5, 0.6) is 0 Å². The number of hydrogen-bond acceptors (Lipinski definition) is 3. The number of H-pyrrole nitrogens is 1. The number of benzene rings is 1. The third-order valence-electron chi connectivity index (χ3n) is 3.40. The highest BCUT2D eigenvalue weighted by molar-refractivity contribution is 6.35. The first-order valence-electron chi connectivity index (χ1n) is 7.33. The number of hydrogen-bond donors (Lipinski definition) is 3. The highest BCUT2D eigenvalue weighted by Crippen LogP contribution is 2.28. The predicted molar refractivity (Wildman–Crippen MR) is 94.2 cm³/mol. The molecule has 116 valence electrons. The number of halogens is 1. The Morgan fingerprint density at radius 2 is 2.22 bits per heavy atom. The van der Waals surface area contributed by atoms with Crippen molar-refractivity contribution in [1.82, 2.24) is 9.97 Å². The van der Waals surface area contributed by atoms with E-state index in [1.54, 1.807) is 12.4 Å². The van der Waals surface area contributed by atoms with Gasteiger partial charge in [0.05, 0.1) is 5.02 Å². The van der Waals surface area contributed by atoms with E-state index in [0.717, 1.165) is 27.8 Å². The van der Waals surface area contributed by atoms with Gasteiger partial charge in [-0.3, -0.25) is 0 Å². The third-order valence-corrected chi connectivity index (χ3v) is 3.71. The summed E-state index contributed by atoms with van der Waals surface area (Å²) in [5.41, 5.74) is 3.49. The van der Waals surface area contributed by atoms with Gasteiger partial charge >= 0.3 is 0 Å². The highest BCUT2D eigenvalue weighted by atomic mass is 35.5. The average Bonchev–Trinajstić information content (AvgIpc) is 2.94. The van der Waals surface area contributed by atoms with Crippen molar-refractivity contribution in [2.45, 2.75) is 19.6 Å². The van der Waals surface area contributed by atoms with Gasteiger partial charge in [0.1, 0.15) is 5.65 Å². The lowest BCUT2D eigenvalue weighted by Crippen LogP contribution is -2.15. The molecule has 2 heterocycles. The molecular formula is C18H16ClN3O. The first kappa shape index (κ1) is 15.4. The van der Waals surface area contributed by atoms with Gasteiger partial charge in [-0.1, -0.05) is 36.6 Å². The molecular weight excluding hydrogens is 310 g/mol. The number of aromatic nitrogens is 2. The summed E-state index contributed by atoms with van der Waals surface area (Å²) in [6, 6.07) is 9.72. The topological polar surface area (TPSA) is 60.9 Å². The molecule has 0 fully saturated rings. The zero-order valence-corrected chi connectivity index (χ0v) is 13.4. The van der Waals surface area contributed by atoms with Crippen LogP contribution >= 0.6 is 11.6 Å². The molecule has 3 rings (SSSR count). The Bertz CT molecular complexity index is 892. The smallest absolute Gasteiger partial charge is 0.188 e. The number of aromatic amines is 1. The highest BCUT2D eigenvalue weighted by Gasteiger charge is 2.07. The molecule has 0 amide bonds. The first-order valence-corrected chi connectivity index (χ1v) is 7.71. The van der Waals surface area contributed by atoms with Crippen molar-refractivity contribution in [3.8, 4) is 23.0 Å². The zero-order valence-electron chi connectivity index (χ0n) is 12.6. The largest absolute Gasteiger partial charge is 0.363 e. The molecule has 4 nitrogen and oxygen atoms in total. The number of aliphatic hydroxyl groups is 1. The molecule has 0 bridgehead atoms. The maximum Gasteiger partial charge on any atom is 0.188 e. The fourth-order valence-corrected chi connectivity index (χ4v) is 2.51. The van der Waals surface area contributed by atoms with E-state index < -0.39 is 6.23 Å². The quantitative estimate of drug-likeness (QED) is 0.503. The Hall–Kier alpha value is -2.48. The number of fused-ring (bicyclic) bond motifs is 1. The fourth-order valence-electron chi connectivity index (χ4n) is 2.31. The summed E-state index contributed by atoms with van der Waals surface area (Å²) in [5, 5.41) is 14.3. The van der Waals surface area contributed by atoms with Gasteiger partial charge in [-0.25, -0.2) is 4.98 Å². The fraction of sp³-hybridized carbons (Fsp3) is 0.167. The Morgan fingerprint density at radius 3 is 3.04 bits per heavy atom. The van der Waals surface area contributed by atoms with Crippen LogP contribution < -0.4 is 5.32 Å². The van der Waals surface area contributed by atoms with Crippen LogP contribution in [0.4, 0.5) is 5.69 Å². The van der Waals surface area contributed by atoms with Crippen molar-refractivity contribution < 1.29 is 5.11 Å². The zero-order chi connectivity index (χ0) is 16.2. The molecule has 3 aromatic rings. The van der Waals surface area contributed by atoms with Gasteiger partial charge in [0.2, 0.25) is 0 Å². The minimum Gasteiger partial charge on any atom is -0.363 e. The van der Waals surface area contributed by atoms with E-state index in [0.29, 0.717) is 11.4 Å². The van der Waals surface area contributed by atoms with Crippen LogP contribution in [-0.2, 0) is 0 Å². The summed E-state index contributed by atoms with van der Waals surface area (Å²) in [6.45, 7) is 1.94. The van der Waals surface area contributed by atoms with E-state index in [-0.39, 0.29) is 0 Å². The van der Waals surface area contributed by atoms with Gasteiger partial charge in [-0.05, 0) is 29.7 Å². The predicted octanol–water partition coefficient (Wildman–Crippen LogP) is 4.03. The lowest BCUT2D eigenvalue weighted by molar-refractivity contribution is 0.261. The molecule has 0 saturated heterocycles. The molecule has 1 aromatic carbocycles. The minimum atomic E-state index is -0.884. The monoisotopic (exact) mass is 325 g/mol. The van der Waals surface area contributed by atoms with Gasteiger partial charge in [0.15, 0.2) is 6.23 Å². The van der Waals surface area contributed by atoms with Crippen molar-refractivity contribution in [3.63, 3.8) is 0 Å². The summed E-state index contributed by atoms with van der Waals surface area (Å²) in [4.78, 5) is 7.40. The number of rotatable bonds is 3. The molecule has 3 N–H and O–H groups in total. The van der Waals surface area contributed by atoms with Crippen LogP contribution in [0.25, 0.3) is 22.2 Å². The number of pyridine rings is 1. The first-order chi connectivity index (χ1) is 11.2. The van der Waals surface area contributed by atoms with Gasteiger partial charge < -0.3 is 15.4 Å². The molecule has 1 unspecified atom stereocenters. The van der Waals surface area contributed by atoms with Crippen LogP contribution in [-0.4, -0.2) is 21.3 Å². The Labute approximate surface area is 139 Å². The summed E-state index contributed by atoms with van der Waals surface area (Å²) in [5.74, 6) is 5.58. The second-order valence-corrected chi connectivity index (χ2v) is 5.47. The van der Waals surface area contributed by atoms with Crippen molar-refractivity contribution in [2.24, 2.45) is 0 Å². The standard InChI is InChI=1S/C18H16ClN3O/c1-2-3-7-17(23)22-14-6-4-5-12(8-14)13-9-15-16(19)11-21-18(15)20-10-13/h4-6,8-11,17,22-23H,2H2,1H3,(H,20,21). The minimum absolute atomic E-state index is 0.647. The molecule has 0 radical (unpaired) electrons. The number of anilines is 1. The Kier molecular flexibility index (Phi) is 4.52. The second kappa shape index (κ2) is 6.74. The van der Waals surface area contributed by atoms with E-state index in [2.05, 4.69) is 27.1 Å². The number of aliphatic hydroxyl groups excluding tert-OH is 1. The molecule has 0 aliphatic rings. The summed E-state index contributed by atoms with van der Waals surface area (Å²) >= 11 is 6.15. The number of nitrogens with one attached hydrogen (secondary N) is 2. The summed E-state index contributed by atoms with van der Waals surface area (Å²) in [6.07, 6.45) is 3.35. The molecule has 23 heavy (non-hydrogen) atoms. The Balaban J connectivity index is 1.90. The van der Waals surface area contributed by atoms with Crippen molar-refractivity contribution in [3.05, 3.63) is 47.7 Å². The van der Waals surface area contributed by atoms with Gasteiger partial charge in [-0.15, -0.1) is 0 Å². The van der Waals surface area contributed by atoms with Crippen LogP contribution in [0.15, 0.2) is 42.7 Å². The Morgan fingerprint density at radius 1 is 1.35 bits per heavy atom. The average molecular weight is 326 g/mol. The normalized spacial score (nSPS) is 11.8. The molecule has 5 heteroatoms. The maximum atomic E-state index is 9.83. The molecule has 0 aliphatic heterocycles. The van der Waals surface area contributed by atoms with Gasteiger partial charge in [0.25, 0.3) is 0 Å². The van der Waals surface area contributed by atoms with E-state index in [1.807, 2.05) is 37.3 Å². The van der Waals surface area contributed by atoms with Crippen molar-refractivity contribution in [2.75, 3.05) is 5.32 Å². The maximum absolute atomic E-state index is 9.83. The third kappa shape index (κ3) is 3.48. The summed E-state index contributed by atoms with van der Waals surface area (Å²) in [7, 11) is 0. The van der Waals surface area contributed by atoms with Crippen molar-refractivity contribution >= 4 is 28.3 Å². The molecule has 0 aliphatic carbocycles. The lowest BCUT2D eigenvalue weighted by atomic mass is 10.1. The second-order valence-electron chi connectivity index (χ2n) is 5.06. The van der Waals surface area contributed by atoms with E-state index in [1.165, 1.54) is 0 Å². The SMILES string of the molecule is CCC#CC(O)Nc1cccc(-c2cnc3[nH]cc(Cl)c3c2)c1. The molecule has 0 spiro atoms.